The lowest BCUT2D eigenvalue weighted by molar-refractivity contribution is 0.552. The fourth-order valence-corrected chi connectivity index (χ4v) is 3.25. The van der Waals surface area contributed by atoms with Crippen LogP contribution >= 0.6 is 0 Å². The summed E-state index contributed by atoms with van der Waals surface area (Å²) in [5.74, 6) is 0.301. The van der Waals surface area contributed by atoms with Crippen molar-refractivity contribution in [2.75, 3.05) is 5.75 Å². The summed E-state index contributed by atoms with van der Waals surface area (Å²) in [5.41, 5.74) is 7.00. The molecule has 0 fully saturated rings. The van der Waals surface area contributed by atoms with Gasteiger partial charge in [0.2, 0.25) is 15.0 Å². The van der Waals surface area contributed by atoms with Gasteiger partial charge in [-0.15, -0.1) is 16.8 Å². The second-order valence-electron chi connectivity index (χ2n) is 5.00. The average molecular weight is 320 g/mol. The summed E-state index contributed by atoms with van der Waals surface area (Å²) in [5, 5.41) is 7.81. The molecule has 22 heavy (non-hydrogen) atoms. The zero-order chi connectivity index (χ0) is 16.2. The predicted molar refractivity (Wildman–Crippen MR) is 85.0 cm³/mol. The summed E-state index contributed by atoms with van der Waals surface area (Å²) in [6.07, 6.45) is 1.99. The van der Waals surface area contributed by atoms with Gasteiger partial charge in [-0.3, -0.25) is 4.57 Å². The van der Waals surface area contributed by atoms with Gasteiger partial charge < -0.3 is 5.73 Å². The van der Waals surface area contributed by atoms with E-state index < -0.39 is 9.84 Å². The second-order valence-corrected chi connectivity index (χ2v) is 6.93. The maximum absolute atomic E-state index is 12.3. The van der Waals surface area contributed by atoms with Crippen molar-refractivity contribution >= 4 is 9.84 Å². The van der Waals surface area contributed by atoms with Crippen LogP contribution in [0, 0.1) is 0 Å². The third kappa shape index (κ3) is 3.42. The van der Waals surface area contributed by atoms with Crippen LogP contribution in [-0.2, 0) is 16.4 Å². The lowest BCUT2D eigenvalue weighted by Gasteiger charge is -2.13. The van der Waals surface area contributed by atoms with E-state index in [2.05, 4.69) is 16.8 Å². The van der Waals surface area contributed by atoms with Crippen molar-refractivity contribution in [2.24, 2.45) is 5.73 Å². The molecule has 2 rings (SSSR count). The smallest absolute Gasteiger partial charge is 0.250 e. The zero-order valence-corrected chi connectivity index (χ0v) is 13.3. The fourth-order valence-electron chi connectivity index (χ4n) is 2.13. The molecule has 0 spiro atoms. The first-order valence-electron chi connectivity index (χ1n) is 7.05. The molecule has 1 unspecified atom stereocenters. The maximum atomic E-state index is 12.3. The minimum Gasteiger partial charge on any atom is -0.321 e. The van der Waals surface area contributed by atoms with Gasteiger partial charge in [-0.1, -0.05) is 43.3 Å². The Balaban J connectivity index is 2.51. The predicted octanol–water partition coefficient (Wildman–Crippen LogP) is 1.70. The highest BCUT2D eigenvalue weighted by Crippen LogP contribution is 2.19. The highest BCUT2D eigenvalue weighted by molar-refractivity contribution is 7.91. The van der Waals surface area contributed by atoms with E-state index in [0.29, 0.717) is 18.8 Å². The third-order valence-electron chi connectivity index (χ3n) is 3.32. The van der Waals surface area contributed by atoms with E-state index in [-0.39, 0.29) is 17.0 Å². The Kier molecular flexibility index (Phi) is 5.10. The van der Waals surface area contributed by atoms with Gasteiger partial charge >= 0.3 is 0 Å². The summed E-state index contributed by atoms with van der Waals surface area (Å²) >= 11 is 0. The van der Waals surface area contributed by atoms with Gasteiger partial charge in [-0.2, -0.15) is 0 Å². The average Bonchev–Trinajstić information content (AvgIpc) is 2.92. The van der Waals surface area contributed by atoms with Gasteiger partial charge in [-0.25, -0.2) is 8.42 Å². The Bertz CT molecular complexity index is 738. The van der Waals surface area contributed by atoms with Crippen LogP contribution in [0.3, 0.4) is 0 Å². The van der Waals surface area contributed by atoms with Gasteiger partial charge in [0.15, 0.2) is 5.82 Å². The first kappa shape index (κ1) is 16.4. The van der Waals surface area contributed by atoms with Gasteiger partial charge in [0.25, 0.3) is 0 Å². The number of nitrogens with zero attached hydrogens (tertiary/aromatic N) is 3. The summed E-state index contributed by atoms with van der Waals surface area (Å²) in [7, 11) is -3.57. The van der Waals surface area contributed by atoms with Crippen molar-refractivity contribution in [1.29, 1.82) is 0 Å². The normalized spacial score (nSPS) is 13.0. The number of sulfone groups is 1. The van der Waals surface area contributed by atoms with Crippen LogP contribution < -0.4 is 5.73 Å². The number of aromatic nitrogens is 3. The summed E-state index contributed by atoms with van der Waals surface area (Å²) in [6.45, 7) is 5.77. The molecule has 2 aromatic rings. The van der Waals surface area contributed by atoms with E-state index in [4.69, 9.17) is 5.73 Å². The summed E-state index contributed by atoms with van der Waals surface area (Å²) in [4.78, 5) is 0. The van der Waals surface area contributed by atoms with Crippen LogP contribution in [0.5, 0.6) is 0 Å². The highest BCUT2D eigenvalue weighted by Gasteiger charge is 2.25. The van der Waals surface area contributed by atoms with Crippen molar-refractivity contribution in [3.63, 3.8) is 0 Å². The van der Waals surface area contributed by atoms with E-state index >= 15 is 0 Å². The van der Waals surface area contributed by atoms with Gasteiger partial charge in [-0.05, 0) is 12.0 Å². The fraction of sp³-hybridized carbons (Fsp3) is 0.333. The molecule has 2 N–H and O–H groups in total. The molecule has 0 amide bonds. The number of hydrogen-bond acceptors (Lipinski definition) is 5. The monoisotopic (exact) mass is 320 g/mol. The Morgan fingerprint density at radius 2 is 2.00 bits per heavy atom. The maximum Gasteiger partial charge on any atom is 0.250 e. The summed E-state index contributed by atoms with van der Waals surface area (Å²) in [6, 6.07) is 9.19. The van der Waals surface area contributed by atoms with Crippen LogP contribution in [0.4, 0.5) is 0 Å². The quantitative estimate of drug-likeness (QED) is 0.784. The molecular weight excluding hydrogens is 300 g/mol. The highest BCUT2D eigenvalue weighted by atomic mass is 32.2. The van der Waals surface area contributed by atoms with Crippen LogP contribution in [0.1, 0.15) is 30.8 Å². The number of hydrogen-bond donors (Lipinski definition) is 1. The Morgan fingerprint density at radius 3 is 2.59 bits per heavy atom. The SMILES string of the molecule is C=CCS(=O)(=O)c1nnc(C(N)CC)n1Cc1ccccc1. The van der Waals surface area contributed by atoms with E-state index in [1.807, 2.05) is 37.3 Å². The molecular formula is C15H20N4O2S. The molecule has 0 bridgehead atoms. The molecule has 1 atom stereocenters. The van der Waals surface area contributed by atoms with Crippen LogP contribution in [0.2, 0.25) is 0 Å². The first-order chi connectivity index (χ1) is 10.5. The molecule has 1 aromatic carbocycles. The van der Waals surface area contributed by atoms with Crippen molar-refractivity contribution in [1.82, 2.24) is 14.8 Å². The molecule has 6 nitrogen and oxygen atoms in total. The van der Waals surface area contributed by atoms with Crippen LogP contribution in [-0.4, -0.2) is 28.9 Å². The van der Waals surface area contributed by atoms with Crippen LogP contribution in [0.15, 0.2) is 48.1 Å². The number of nitrogens with two attached hydrogens (primary N) is 1. The van der Waals surface area contributed by atoms with E-state index in [1.165, 1.54) is 6.08 Å². The molecule has 0 aliphatic rings. The minimum atomic E-state index is -3.57. The zero-order valence-electron chi connectivity index (χ0n) is 12.5. The molecule has 0 aliphatic heterocycles. The number of rotatable bonds is 7. The lowest BCUT2D eigenvalue weighted by atomic mass is 10.2. The van der Waals surface area contributed by atoms with E-state index in [0.717, 1.165) is 5.56 Å². The molecule has 0 aliphatic carbocycles. The Morgan fingerprint density at radius 1 is 1.32 bits per heavy atom. The first-order valence-corrected chi connectivity index (χ1v) is 8.71. The third-order valence-corrected chi connectivity index (χ3v) is 4.85. The lowest BCUT2D eigenvalue weighted by Crippen LogP contribution is -2.20. The topological polar surface area (TPSA) is 90.9 Å². The molecule has 0 saturated heterocycles. The molecule has 1 aromatic heterocycles. The van der Waals surface area contributed by atoms with E-state index in [1.54, 1.807) is 4.57 Å². The van der Waals surface area contributed by atoms with Gasteiger partial charge in [0, 0.05) is 0 Å². The van der Waals surface area contributed by atoms with Crippen molar-refractivity contribution in [2.45, 2.75) is 31.1 Å². The Labute approximate surface area is 130 Å². The summed E-state index contributed by atoms with van der Waals surface area (Å²) < 4.78 is 26.2. The standard InChI is InChI=1S/C15H20N4O2S/c1-3-10-22(20,21)15-18-17-14(13(16)4-2)19(15)11-12-8-6-5-7-9-12/h3,5-9,13H,1,4,10-11,16H2,2H3. The van der Waals surface area contributed by atoms with Gasteiger partial charge in [0.05, 0.1) is 18.3 Å². The van der Waals surface area contributed by atoms with Gasteiger partial charge in [0.1, 0.15) is 0 Å². The van der Waals surface area contributed by atoms with Crippen molar-refractivity contribution in [3.05, 3.63) is 54.4 Å². The number of benzene rings is 1. The second kappa shape index (κ2) is 6.85. The van der Waals surface area contributed by atoms with Crippen molar-refractivity contribution < 1.29 is 8.42 Å². The molecule has 0 radical (unpaired) electrons. The largest absolute Gasteiger partial charge is 0.321 e. The van der Waals surface area contributed by atoms with Crippen LogP contribution in [0.25, 0.3) is 0 Å². The van der Waals surface area contributed by atoms with Crippen molar-refractivity contribution in [3.8, 4) is 0 Å². The molecule has 7 heteroatoms. The minimum absolute atomic E-state index is 0.0600. The molecule has 0 saturated carbocycles. The molecule has 118 valence electrons. The molecule has 1 heterocycles. The Hall–Kier alpha value is -1.99. The van der Waals surface area contributed by atoms with E-state index in [9.17, 15) is 8.42 Å².